The molecule has 0 radical (unpaired) electrons. The van der Waals surface area contributed by atoms with Crippen LogP contribution in [0.25, 0.3) is 0 Å². The van der Waals surface area contributed by atoms with Crippen molar-refractivity contribution in [1.82, 2.24) is 4.90 Å². The third kappa shape index (κ3) is 2.67. The standard InChI is InChI=1S/C9H18N2O2/c1-7(10)9(12)11-5-3-4-8(6-11)13-2/h7-8H,3-6,10H2,1-2H3/t7-,8-/m1/s1. The molecule has 0 aromatic heterocycles. The van der Waals surface area contributed by atoms with Crippen LogP contribution in [-0.4, -0.2) is 43.2 Å². The molecule has 13 heavy (non-hydrogen) atoms. The molecular formula is C9H18N2O2. The van der Waals surface area contributed by atoms with E-state index in [1.807, 2.05) is 0 Å². The highest BCUT2D eigenvalue weighted by Gasteiger charge is 2.24. The second kappa shape index (κ2) is 4.58. The summed E-state index contributed by atoms with van der Waals surface area (Å²) in [5, 5.41) is 0. The van der Waals surface area contributed by atoms with Gasteiger partial charge in [-0.3, -0.25) is 4.79 Å². The lowest BCUT2D eigenvalue weighted by Gasteiger charge is -2.32. The van der Waals surface area contributed by atoms with Gasteiger partial charge in [-0.05, 0) is 19.8 Å². The van der Waals surface area contributed by atoms with Crippen LogP contribution in [0.1, 0.15) is 19.8 Å². The Hall–Kier alpha value is -0.610. The number of rotatable bonds is 2. The molecule has 0 spiro atoms. The highest BCUT2D eigenvalue weighted by Crippen LogP contribution is 2.12. The number of ether oxygens (including phenoxy) is 1. The van der Waals surface area contributed by atoms with Gasteiger partial charge in [0.15, 0.2) is 0 Å². The van der Waals surface area contributed by atoms with Crippen molar-refractivity contribution in [2.24, 2.45) is 5.73 Å². The molecule has 1 amide bonds. The molecular weight excluding hydrogens is 168 g/mol. The number of likely N-dealkylation sites (tertiary alicyclic amines) is 1. The van der Waals surface area contributed by atoms with Crippen LogP contribution < -0.4 is 5.73 Å². The van der Waals surface area contributed by atoms with Crippen molar-refractivity contribution in [3.63, 3.8) is 0 Å². The van der Waals surface area contributed by atoms with E-state index < -0.39 is 6.04 Å². The van der Waals surface area contributed by atoms with Gasteiger partial charge in [0.25, 0.3) is 0 Å². The van der Waals surface area contributed by atoms with E-state index >= 15 is 0 Å². The molecule has 4 nitrogen and oxygen atoms in total. The number of carbonyl (C=O) groups is 1. The van der Waals surface area contributed by atoms with Gasteiger partial charge < -0.3 is 15.4 Å². The Balaban J connectivity index is 2.46. The fourth-order valence-electron chi connectivity index (χ4n) is 1.62. The van der Waals surface area contributed by atoms with E-state index in [0.717, 1.165) is 19.4 Å². The predicted octanol–water partition coefficient (Wildman–Crippen LogP) is -0.0290. The molecule has 2 N–H and O–H groups in total. The molecule has 0 aromatic carbocycles. The van der Waals surface area contributed by atoms with Crippen molar-refractivity contribution >= 4 is 5.91 Å². The molecule has 0 unspecified atom stereocenters. The van der Waals surface area contributed by atoms with Crippen LogP contribution in [0.4, 0.5) is 0 Å². The molecule has 4 heteroatoms. The fraction of sp³-hybridized carbons (Fsp3) is 0.889. The van der Waals surface area contributed by atoms with Gasteiger partial charge in [-0.1, -0.05) is 0 Å². The first-order chi connectivity index (χ1) is 6.15. The number of methoxy groups -OCH3 is 1. The molecule has 1 aliphatic rings. The first-order valence-electron chi connectivity index (χ1n) is 4.72. The van der Waals surface area contributed by atoms with Crippen LogP contribution in [-0.2, 0) is 9.53 Å². The van der Waals surface area contributed by atoms with Crippen molar-refractivity contribution in [2.75, 3.05) is 20.2 Å². The van der Waals surface area contributed by atoms with Gasteiger partial charge in [0.05, 0.1) is 12.1 Å². The Bertz CT molecular complexity index is 182. The van der Waals surface area contributed by atoms with Crippen molar-refractivity contribution < 1.29 is 9.53 Å². The van der Waals surface area contributed by atoms with Gasteiger partial charge in [-0.2, -0.15) is 0 Å². The van der Waals surface area contributed by atoms with Crippen LogP contribution in [0.2, 0.25) is 0 Å². The Morgan fingerprint density at radius 1 is 1.69 bits per heavy atom. The maximum absolute atomic E-state index is 11.5. The van der Waals surface area contributed by atoms with Crippen LogP contribution in [0.5, 0.6) is 0 Å². The molecule has 0 bridgehead atoms. The van der Waals surface area contributed by atoms with Crippen LogP contribution in [0, 0.1) is 0 Å². The summed E-state index contributed by atoms with van der Waals surface area (Å²) in [6.07, 6.45) is 2.24. The molecule has 0 aromatic rings. The summed E-state index contributed by atoms with van der Waals surface area (Å²) < 4.78 is 5.22. The van der Waals surface area contributed by atoms with E-state index in [0.29, 0.717) is 6.54 Å². The summed E-state index contributed by atoms with van der Waals surface area (Å²) in [5.74, 6) is 0.0294. The maximum Gasteiger partial charge on any atom is 0.239 e. The van der Waals surface area contributed by atoms with Crippen LogP contribution in [0.15, 0.2) is 0 Å². The molecule has 1 heterocycles. The van der Waals surface area contributed by atoms with E-state index in [1.54, 1.807) is 18.9 Å². The average molecular weight is 186 g/mol. The van der Waals surface area contributed by atoms with Gasteiger partial charge in [-0.25, -0.2) is 0 Å². The van der Waals surface area contributed by atoms with Crippen LogP contribution in [0.3, 0.4) is 0 Å². The number of piperidine rings is 1. The second-order valence-electron chi connectivity index (χ2n) is 3.57. The highest BCUT2D eigenvalue weighted by molar-refractivity contribution is 5.81. The summed E-state index contributed by atoms with van der Waals surface area (Å²) in [7, 11) is 1.69. The summed E-state index contributed by atoms with van der Waals surface area (Å²) in [5.41, 5.74) is 5.52. The minimum absolute atomic E-state index is 0.0294. The van der Waals surface area contributed by atoms with Gasteiger partial charge in [0.1, 0.15) is 0 Å². The van der Waals surface area contributed by atoms with E-state index in [2.05, 4.69) is 0 Å². The first-order valence-corrected chi connectivity index (χ1v) is 4.72. The Labute approximate surface area is 79.0 Å². The van der Waals surface area contributed by atoms with Crippen molar-refractivity contribution in [1.29, 1.82) is 0 Å². The predicted molar refractivity (Wildman–Crippen MR) is 50.3 cm³/mol. The van der Waals surface area contributed by atoms with Gasteiger partial charge in [0, 0.05) is 20.2 Å². The van der Waals surface area contributed by atoms with Gasteiger partial charge >= 0.3 is 0 Å². The lowest BCUT2D eigenvalue weighted by molar-refractivity contribution is -0.135. The molecule has 1 aliphatic heterocycles. The third-order valence-electron chi connectivity index (χ3n) is 2.41. The van der Waals surface area contributed by atoms with Crippen molar-refractivity contribution in [3.05, 3.63) is 0 Å². The van der Waals surface area contributed by atoms with E-state index in [1.165, 1.54) is 0 Å². The molecule has 0 aliphatic carbocycles. The van der Waals surface area contributed by atoms with E-state index in [4.69, 9.17) is 10.5 Å². The normalized spacial score (nSPS) is 25.8. The second-order valence-corrected chi connectivity index (χ2v) is 3.57. The molecule has 1 saturated heterocycles. The summed E-state index contributed by atoms with van der Waals surface area (Å²) in [6.45, 7) is 3.23. The number of nitrogens with zero attached hydrogens (tertiary/aromatic N) is 1. The van der Waals surface area contributed by atoms with Crippen molar-refractivity contribution in [2.45, 2.75) is 31.9 Å². The zero-order chi connectivity index (χ0) is 9.84. The Morgan fingerprint density at radius 2 is 2.38 bits per heavy atom. The zero-order valence-electron chi connectivity index (χ0n) is 8.32. The van der Waals surface area contributed by atoms with E-state index in [9.17, 15) is 4.79 Å². The SMILES string of the molecule is CO[C@@H]1CCCN(C(=O)[C@@H](C)N)C1. The number of nitrogens with two attached hydrogens (primary N) is 1. The number of amides is 1. The number of carbonyl (C=O) groups excluding carboxylic acids is 1. The summed E-state index contributed by atoms with van der Waals surface area (Å²) >= 11 is 0. The maximum atomic E-state index is 11.5. The fourth-order valence-corrected chi connectivity index (χ4v) is 1.62. The van der Waals surface area contributed by atoms with Crippen molar-refractivity contribution in [3.8, 4) is 0 Å². The monoisotopic (exact) mass is 186 g/mol. The summed E-state index contributed by atoms with van der Waals surface area (Å²) in [4.78, 5) is 13.3. The molecule has 1 rings (SSSR count). The van der Waals surface area contributed by atoms with Crippen LogP contribution >= 0.6 is 0 Å². The lowest BCUT2D eigenvalue weighted by atomic mass is 10.1. The minimum atomic E-state index is -0.393. The quantitative estimate of drug-likeness (QED) is 0.659. The van der Waals surface area contributed by atoms with E-state index in [-0.39, 0.29) is 12.0 Å². The first kappa shape index (κ1) is 10.5. The van der Waals surface area contributed by atoms with Gasteiger partial charge in [0.2, 0.25) is 5.91 Å². The molecule has 2 atom stereocenters. The zero-order valence-corrected chi connectivity index (χ0v) is 8.32. The smallest absolute Gasteiger partial charge is 0.239 e. The minimum Gasteiger partial charge on any atom is -0.380 e. The topological polar surface area (TPSA) is 55.6 Å². The number of hydrogen-bond acceptors (Lipinski definition) is 3. The molecule has 0 saturated carbocycles. The Morgan fingerprint density at radius 3 is 2.92 bits per heavy atom. The summed E-state index contributed by atoms with van der Waals surface area (Å²) in [6, 6.07) is -0.393. The number of hydrogen-bond donors (Lipinski definition) is 1. The third-order valence-corrected chi connectivity index (χ3v) is 2.41. The highest BCUT2D eigenvalue weighted by atomic mass is 16.5. The lowest BCUT2D eigenvalue weighted by Crippen LogP contribution is -2.48. The molecule has 1 fully saturated rings. The Kier molecular flexibility index (Phi) is 3.69. The van der Waals surface area contributed by atoms with Gasteiger partial charge in [-0.15, -0.1) is 0 Å². The average Bonchev–Trinajstić information content (AvgIpc) is 2.16. The molecule has 76 valence electrons. The largest absolute Gasteiger partial charge is 0.380 e.